The number of ether oxygens (including phenoxy) is 1. The zero-order valence-electron chi connectivity index (χ0n) is 11.8. The first-order chi connectivity index (χ1) is 8.66. The van der Waals surface area contributed by atoms with Gasteiger partial charge in [0.15, 0.2) is 0 Å². The van der Waals surface area contributed by atoms with Crippen LogP contribution in [0.15, 0.2) is 18.2 Å². The Labute approximate surface area is 111 Å². The Balaban J connectivity index is 1.81. The summed E-state index contributed by atoms with van der Waals surface area (Å²) < 4.78 is 5.40. The van der Waals surface area contributed by atoms with Crippen LogP contribution in [0.2, 0.25) is 0 Å². The Morgan fingerprint density at radius 2 is 2.22 bits per heavy atom. The minimum atomic E-state index is 0.438. The fourth-order valence-corrected chi connectivity index (χ4v) is 2.74. The zero-order valence-corrected chi connectivity index (χ0v) is 11.8. The summed E-state index contributed by atoms with van der Waals surface area (Å²) in [6.45, 7) is 9.60. The molecule has 0 amide bonds. The van der Waals surface area contributed by atoms with Crippen molar-refractivity contribution < 1.29 is 4.74 Å². The molecule has 1 fully saturated rings. The summed E-state index contributed by atoms with van der Waals surface area (Å²) in [4.78, 5) is 0. The van der Waals surface area contributed by atoms with E-state index in [4.69, 9.17) is 4.74 Å². The molecule has 1 N–H and O–H groups in total. The van der Waals surface area contributed by atoms with Gasteiger partial charge in [0.25, 0.3) is 0 Å². The van der Waals surface area contributed by atoms with E-state index in [1.165, 1.54) is 29.5 Å². The molecule has 0 radical (unpaired) electrons. The summed E-state index contributed by atoms with van der Waals surface area (Å²) in [7, 11) is 0. The van der Waals surface area contributed by atoms with Gasteiger partial charge in [-0.3, -0.25) is 0 Å². The van der Waals surface area contributed by atoms with Gasteiger partial charge in [-0.25, -0.2) is 0 Å². The highest BCUT2D eigenvalue weighted by Gasteiger charge is 2.15. The number of benzene rings is 1. The SMILES string of the molecule is Cc1ccc(C(C)NCCC2CCOC2)c(C)c1. The van der Waals surface area contributed by atoms with E-state index in [9.17, 15) is 0 Å². The highest BCUT2D eigenvalue weighted by Crippen LogP contribution is 2.20. The third kappa shape index (κ3) is 3.56. The zero-order chi connectivity index (χ0) is 13.0. The molecule has 1 aromatic carbocycles. The molecule has 2 rings (SSSR count). The van der Waals surface area contributed by atoms with Crippen LogP contribution in [0.3, 0.4) is 0 Å². The van der Waals surface area contributed by atoms with Crippen LogP contribution in [-0.2, 0) is 4.74 Å². The third-order valence-electron chi connectivity index (χ3n) is 3.92. The van der Waals surface area contributed by atoms with E-state index >= 15 is 0 Å². The second-order valence-electron chi connectivity index (χ2n) is 5.55. The molecule has 1 aliphatic rings. The lowest BCUT2D eigenvalue weighted by Gasteiger charge is -2.18. The maximum Gasteiger partial charge on any atom is 0.0495 e. The topological polar surface area (TPSA) is 21.3 Å². The summed E-state index contributed by atoms with van der Waals surface area (Å²) in [5.41, 5.74) is 4.15. The van der Waals surface area contributed by atoms with Gasteiger partial charge in [-0.05, 0) is 57.2 Å². The summed E-state index contributed by atoms with van der Waals surface area (Å²) >= 11 is 0. The second kappa shape index (κ2) is 6.35. The highest BCUT2D eigenvalue weighted by molar-refractivity contribution is 5.32. The van der Waals surface area contributed by atoms with Crippen LogP contribution in [0.5, 0.6) is 0 Å². The average molecular weight is 247 g/mol. The van der Waals surface area contributed by atoms with E-state index in [1.807, 2.05) is 0 Å². The van der Waals surface area contributed by atoms with E-state index in [0.29, 0.717) is 6.04 Å². The van der Waals surface area contributed by atoms with Gasteiger partial charge in [0, 0.05) is 19.3 Å². The Kier molecular flexibility index (Phi) is 4.79. The monoisotopic (exact) mass is 247 g/mol. The first-order valence-corrected chi connectivity index (χ1v) is 7.05. The lowest BCUT2D eigenvalue weighted by atomic mass is 9.99. The first-order valence-electron chi connectivity index (χ1n) is 7.05. The molecule has 0 bridgehead atoms. The molecular formula is C16H25NO. The molecule has 2 heteroatoms. The average Bonchev–Trinajstić information content (AvgIpc) is 2.81. The predicted octanol–water partition coefficient (Wildman–Crippen LogP) is 3.38. The first kappa shape index (κ1) is 13.6. The lowest BCUT2D eigenvalue weighted by Crippen LogP contribution is -2.22. The summed E-state index contributed by atoms with van der Waals surface area (Å²) in [6, 6.07) is 7.15. The molecular weight excluding hydrogens is 222 g/mol. The molecule has 0 spiro atoms. The molecule has 2 nitrogen and oxygen atoms in total. The Morgan fingerprint density at radius 1 is 1.39 bits per heavy atom. The van der Waals surface area contributed by atoms with Gasteiger partial charge >= 0.3 is 0 Å². The summed E-state index contributed by atoms with van der Waals surface area (Å²) in [5, 5.41) is 3.63. The molecule has 1 saturated heterocycles. The maximum absolute atomic E-state index is 5.40. The van der Waals surface area contributed by atoms with E-state index < -0.39 is 0 Å². The quantitative estimate of drug-likeness (QED) is 0.861. The van der Waals surface area contributed by atoms with Gasteiger partial charge in [0.05, 0.1) is 0 Å². The van der Waals surface area contributed by atoms with Gasteiger partial charge in [-0.1, -0.05) is 23.8 Å². The number of hydrogen-bond donors (Lipinski definition) is 1. The van der Waals surface area contributed by atoms with Gasteiger partial charge in [0.1, 0.15) is 0 Å². The number of hydrogen-bond acceptors (Lipinski definition) is 2. The van der Waals surface area contributed by atoms with E-state index in [2.05, 4.69) is 44.3 Å². The molecule has 1 heterocycles. The highest BCUT2D eigenvalue weighted by atomic mass is 16.5. The van der Waals surface area contributed by atoms with E-state index in [1.54, 1.807) is 0 Å². The Hall–Kier alpha value is -0.860. The molecule has 0 saturated carbocycles. The van der Waals surface area contributed by atoms with Crippen molar-refractivity contribution >= 4 is 0 Å². The summed E-state index contributed by atoms with van der Waals surface area (Å²) in [6.07, 6.45) is 2.47. The van der Waals surface area contributed by atoms with Crippen molar-refractivity contribution in [1.29, 1.82) is 0 Å². The predicted molar refractivity (Wildman–Crippen MR) is 75.9 cm³/mol. The minimum absolute atomic E-state index is 0.438. The molecule has 1 aromatic rings. The van der Waals surface area contributed by atoms with Gasteiger partial charge < -0.3 is 10.1 Å². The van der Waals surface area contributed by atoms with Gasteiger partial charge in [-0.15, -0.1) is 0 Å². The van der Waals surface area contributed by atoms with E-state index in [0.717, 1.165) is 25.7 Å². The Bertz CT molecular complexity index is 383. The van der Waals surface area contributed by atoms with Crippen LogP contribution in [0.25, 0.3) is 0 Å². The molecule has 18 heavy (non-hydrogen) atoms. The normalized spacial score (nSPS) is 21.2. The summed E-state index contributed by atoms with van der Waals surface area (Å²) in [5.74, 6) is 0.767. The van der Waals surface area contributed by atoms with Crippen LogP contribution in [0, 0.1) is 19.8 Å². The van der Waals surface area contributed by atoms with Gasteiger partial charge in [0.2, 0.25) is 0 Å². The standard InChI is InChI=1S/C16H25NO/c1-12-4-5-16(13(2)10-12)14(3)17-8-6-15-7-9-18-11-15/h4-5,10,14-15,17H,6-9,11H2,1-3H3. The number of aryl methyl sites for hydroxylation is 2. The fourth-order valence-electron chi connectivity index (χ4n) is 2.74. The van der Waals surface area contributed by atoms with Crippen molar-refractivity contribution in [3.05, 3.63) is 34.9 Å². The van der Waals surface area contributed by atoms with E-state index in [-0.39, 0.29) is 0 Å². The van der Waals surface area contributed by atoms with Crippen molar-refractivity contribution in [3.8, 4) is 0 Å². The largest absolute Gasteiger partial charge is 0.381 e. The fraction of sp³-hybridized carbons (Fsp3) is 0.625. The van der Waals surface area contributed by atoms with Crippen LogP contribution in [0.4, 0.5) is 0 Å². The third-order valence-corrected chi connectivity index (χ3v) is 3.92. The van der Waals surface area contributed by atoms with Crippen LogP contribution in [-0.4, -0.2) is 19.8 Å². The maximum atomic E-state index is 5.40. The molecule has 0 aromatic heterocycles. The minimum Gasteiger partial charge on any atom is -0.381 e. The van der Waals surface area contributed by atoms with Crippen molar-refractivity contribution in [3.63, 3.8) is 0 Å². The van der Waals surface area contributed by atoms with Crippen molar-refractivity contribution in [2.75, 3.05) is 19.8 Å². The smallest absolute Gasteiger partial charge is 0.0495 e. The molecule has 2 atom stereocenters. The number of rotatable bonds is 5. The van der Waals surface area contributed by atoms with Crippen molar-refractivity contribution in [2.45, 2.75) is 39.7 Å². The molecule has 0 aliphatic carbocycles. The van der Waals surface area contributed by atoms with Crippen molar-refractivity contribution in [2.24, 2.45) is 5.92 Å². The van der Waals surface area contributed by atoms with Crippen LogP contribution in [0.1, 0.15) is 42.5 Å². The Morgan fingerprint density at radius 3 is 2.89 bits per heavy atom. The van der Waals surface area contributed by atoms with Crippen LogP contribution >= 0.6 is 0 Å². The molecule has 1 aliphatic heterocycles. The molecule has 100 valence electrons. The second-order valence-corrected chi connectivity index (χ2v) is 5.55. The lowest BCUT2D eigenvalue weighted by molar-refractivity contribution is 0.184. The van der Waals surface area contributed by atoms with Crippen LogP contribution < -0.4 is 5.32 Å². The van der Waals surface area contributed by atoms with Crippen molar-refractivity contribution in [1.82, 2.24) is 5.32 Å². The van der Waals surface area contributed by atoms with Gasteiger partial charge in [-0.2, -0.15) is 0 Å². The molecule has 2 unspecified atom stereocenters. The number of nitrogens with one attached hydrogen (secondary N) is 1.